The summed E-state index contributed by atoms with van der Waals surface area (Å²) in [4.78, 5) is 23.8. The van der Waals surface area contributed by atoms with Gasteiger partial charge in [0.1, 0.15) is 6.61 Å². The van der Waals surface area contributed by atoms with Crippen molar-refractivity contribution < 1.29 is 14.3 Å². The number of nitrogens with one attached hydrogen (secondary N) is 1. The Morgan fingerprint density at radius 3 is 2.42 bits per heavy atom. The third kappa shape index (κ3) is 4.96. The Morgan fingerprint density at radius 2 is 1.79 bits per heavy atom. The van der Waals surface area contributed by atoms with Gasteiger partial charge in [-0.1, -0.05) is 37.3 Å². The van der Waals surface area contributed by atoms with E-state index in [1.165, 1.54) is 0 Å². The molecule has 1 N–H and O–H groups in total. The molecule has 5 heteroatoms. The van der Waals surface area contributed by atoms with Crippen LogP contribution in [-0.4, -0.2) is 11.9 Å². The van der Waals surface area contributed by atoms with Gasteiger partial charge in [0, 0.05) is 18.0 Å². The maximum Gasteiger partial charge on any atom is 0.338 e. The molecule has 0 aliphatic heterocycles. The fourth-order valence-electron chi connectivity index (χ4n) is 1.99. The zero-order valence-corrected chi connectivity index (χ0v) is 13.4. The number of amides is 1. The van der Waals surface area contributed by atoms with E-state index < -0.39 is 5.97 Å². The quantitative estimate of drug-likeness (QED) is 0.825. The molecule has 0 spiro atoms. The molecule has 2 aromatic rings. The summed E-state index contributed by atoms with van der Waals surface area (Å²) in [6, 6.07) is 17.9. The molecule has 0 aromatic heterocycles. The first kappa shape index (κ1) is 17.2. The highest BCUT2D eigenvalue weighted by Crippen LogP contribution is 2.13. The van der Waals surface area contributed by atoms with E-state index in [0.29, 0.717) is 11.3 Å². The molecule has 0 saturated heterocycles. The summed E-state index contributed by atoms with van der Waals surface area (Å²) in [5, 5.41) is 11.3. The number of hydrogen-bond acceptors (Lipinski definition) is 4. The highest BCUT2D eigenvalue weighted by molar-refractivity contribution is 5.94. The monoisotopic (exact) mass is 322 g/mol. The minimum Gasteiger partial charge on any atom is -0.457 e. The van der Waals surface area contributed by atoms with Crippen molar-refractivity contribution in [2.75, 3.05) is 5.32 Å². The Hall–Kier alpha value is -3.13. The zero-order valence-electron chi connectivity index (χ0n) is 13.4. The van der Waals surface area contributed by atoms with Crippen molar-refractivity contribution >= 4 is 17.6 Å². The molecule has 2 rings (SSSR count). The number of carbonyl (C=O) groups excluding carboxylic acids is 2. The Kier molecular flexibility index (Phi) is 6.09. The summed E-state index contributed by atoms with van der Waals surface area (Å²) in [7, 11) is 0. The van der Waals surface area contributed by atoms with Crippen molar-refractivity contribution in [1.29, 1.82) is 5.26 Å². The van der Waals surface area contributed by atoms with Crippen molar-refractivity contribution in [3.8, 4) is 6.07 Å². The summed E-state index contributed by atoms with van der Waals surface area (Å²) >= 11 is 0. The average molecular weight is 322 g/mol. The lowest BCUT2D eigenvalue weighted by Gasteiger charge is -2.10. The van der Waals surface area contributed by atoms with E-state index in [9.17, 15) is 9.59 Å². The van der Waals surface area contributed by atoms with Crippen LogP contribution in [0, 0.1) is 17.2 Å². The third-order valence-corrected chi connectivity index (χ3v) is 3.45. The molecule has 0 unspecified atom stereocenters. The second-order valence-corrected chi connectivity index (χ2v) is 5.39. The minimum atomic E-state index is -0.422. The van der Waals surface area contributed by atoms with E-state index in [4.69, 9.17) is 10.00 Å². The number of nitrogens with zero attached hydrogens (tertiary/aromatic N) is 1. The Balaban J connectivity index is 1.90. The highest BCUT2D eigenvalue weighted by atomic mass is 16.5. The van der Waals surface area contributed by atoms with Crippen molar-refractivity contribution in [2.24, 2.45) is 5.92 Å². The first-order valence-electron chi connectivity index (χ1n) is 7.59. The highest BCUT2D eigenvalue weighted by Gasteiger charge is 2.13. The molecule has 0 fully saturated rings. The molecule has 5 nitrogen and oxygen atoms in total. The van der Waals surface area contributed by atoms with Crippen LogP contribution in [0.2, 0.25) is 0 Å². The van der Waals surface area contributed by atoms with Crippen LogP contribution in [0.4, 0.5) is 5.69 Å². The first-order valence-corrected chi connectivity index (χ1v) is 7.59. The van der Waals surface area contributed by atoms with Gasteiger partial charge in [-0.3, -0.25) is 4.79 Å². The number of ether oxygens (including phenoxy) is 1. The molecule has 0 aliphatic carbocycles. The molecule has 0 saturated carbocycles. The molecule has 24 heavy (non-hydrogen) atoms. The van der Waals surface area contributed by atoms with E-state index in [1.807, 2.05) is 36.4 Å². The van der Waals surface area contributed by atoms with Gasteiger partial charge in [0.15, 0.2) is 0 Å². The van der Waals surface area contributed by atoms with Crippen LogP contribution in [0.25, 0.3) is 0 Å². The normalized spacial score (nSPS) is 11.2. The maximum atomic E-state index is 12.0. The second kappa shape index (κ2) is 8.49. The van der Waals surface area contributed by atoms with Gasteiger partial charge in [0.2, 0.25) is 5.91 Å². The lowest BCUT2D eigenvalue weighted by Crippen LogP contribution is -2.20. The maximum absolute atomic E-state index is 12.0. The van der Waals surface area contributed by atoms with E-state index in [1.54, 1.807) is 31.2 Å². The summed E-state index contributed by atoms with van der Waals surface area (Å²) in [6.07, 6.45) is 0.162. The summed E-state index contributed by atoms with van der Waals surface area (Å²) in [5.74, 6) is -1.03. The fraction of sp³-hybridized carbons (Fsp3) is 0.211. The van der Waals surface area contributed by atoms with Crippen molar-refractivity contribution in [3.05, 3.63) is 65.7 Å². The minimum absolute atomic E-state index is 0.162. The van der Waals surface area contributed by atoms with Gasteiger partial charge >= 0.3 is 5.97 Å². The standard InChI is InChI=1S/C19H18N2O3/c1-14(11-12-20)18(22)21-17-9-7-16(8-10-17)19(23)24-13-15-5-3-2-4-6-15/h2-10,14H,11,13H2,1H3,(H,21,22)/t14-/m0/s1. The fourth-order valence-corrected chi connectivity index (χ4v) is 1.99. The molecule has 2 aromatic carbocycles. The predicted octanol–water partition coefficient (Wildman–Crippen LogP) is 3.53. The van der Waals surface area contributed by atoms with Gasteiger partial charge in [0.05, 0.1) is 11.6 Å². The van der Waals surface area contributed by atoms with Gasteiger partial charge in [-0.25, -0.2) is 4.79 Å². The van der Waals surface area contributed by atoms with Crippen molar-refractivity contribution in [3.63, 3.8) is 0 Å². The number of benzene rings is 2. The Bertz CT molecular complexity index is 733. The number of anilines is 1. The molecule has 0 aliphatic rings. The van der Waals surface area contributed by atoms with E-state index in [2.05, 4.69) is 5.32 Å². The van der Waals surface area contributed by atoms with Gasteiger partial charge in [0.25, 0.3) is 0 Å². The Labute approximate surface area is 140 Å². The van der Waals surface area contributed by atoms with E-state index >= 15 is 0 Å². The van der Waals surface area contributed by atoms with Crippen molar-refractivity contribution in [1.82, 2.24) is 0 Å². The van der Waals surface area contributed by atoms with Gasteiger partial charge in [-0.2, -0.15) is 5.26 Å². The SMILES string of the molecule is C[C@@H](CC#N)C(=O)Nc1ccc(C(=O)OCc2ccccc2)cc1. The number of hydrogen-bond donors (Lipinski definition) is 1. The summed E-state index contributed by atoms with van der Waals surface area (Å²) in [6.45, 7) is 1.90. The summed E-state index contributed by atoms with van der Waals surface area (Å²) in [5.41, 5.74) is 1.90. The molecule has 1 amide bonds. The topological polar surface area (TPSA) is 79.2 Å². The van der Waals surface area contributed by atoms with Crippen LogP contribution in [-0.2, 0) is 16.1 Å². The van der Waals surface area contributed by atoms with Crippen LogP contribution in [0.3, 0.4) is 0 Å². The predicted molar refractivity (Wildman–Crippen MR) is 90.0 cm³/mol. The number of carbonyl (C=O) groups is 2. The number of rotatable bonds is 6. The second-order valence-electron chi connectivity index (χ2n) is 5.39. The van der Waals surface area contributed by atoms with Crippen LogP contribution in [0.1, 0.15) is 29.3 Å². The van der Waals surface area contributed by atoms with Gasteiger partial charge < -0.3 is 10.1 Å². The van der Waals surface area contributed by atoms with Crippen LogP contribution in [0.15, 0.2) is 54.6 Å². The van der Waals surface area contributed by atoms with Crippen LogP contribution >= 0.6 is 0 Å². The molecule has 0 radical (unpaired) electrons. The van der Waals surface area contributed by atoms with E-state index in [0.717, 1.165) is 5.56 Å². The van der Waals surface area contributed by atoms with Gasteiger partial charge in [-0.15, -0.1) is 0 Å². The first-order chi connectivity index (χ1) is 11.6. The molecule has 0 heterocycles. The van der Waals surface area contributed by atoms with Crippen LogP contribution in [0.5, 0.6) is 0 Å². The van der Waals surface area contributed by atoms with Crippen LogP contribution < -0.4 is 5.32 Å². The van der Waals surface area contributed by atoms with Crippen molar-refractivity contribution in [2.45, 2.75) is 20.0 Å². The average Bonchev–Trinajstić information content (AvgIpc) is 2.61. The third-order valence-electron chi connectivity index (χ3n) is 3.45. The summed E-state index contributed by atoms with van der Waals surface area (Å²) < 4.78 is 5.24. The lowest BCUT2D eigenvalue weighted by molar-refractivity contribution is -0.119. The number of esters is 1. The number of nitriles is 1. The lowest BCUT2D eigenvalue weighted by atomic mass is 10.1. The van der Waals surface area contributed by atoms with Gasteiger partial charge in [-0.05, 0) is 29.8 Å². The molecular formula is C19H18N2O3. The largest absolute Gasteiger partial charge is 0.457 e. The smallest absolute Gasteiger partial charge is 0.338 e. The zero-order chi connectivity index (χ0) is 17.4. The molecule has 122 valence electrons. The molecule has 1 atom stereocenters. The molecular weight excluding hydrogens is 304 g/mol. The molecule has 0 bridgehead atoms. The van der Waals surface area contributed by atoms with E-state index in [-0.39, 0.29) is 24.9 Å². The Morgan fingerprint density at radius 1 is 1.12 bits per heavy atom.